The van der Waals surface area contributed by atoms with Crippen molar-refractivity contribution in [1.82, 2.24) is 5.32 Å². The van der Waals surface area contributed by atoms with Gasteiger partial charge < -0.3 is 5.32 Å². The molecule has 4 aliphatic rings. The Bertz CT molecular complexity index is 306. The summed E-state index contributed by atoms with van der Waals surface area (Å²) >= 11 is 4.14. The SMILES string of the molecule is CC(NC(=O)CCS)C12CC3CC(CC(C3)C1)C2. The molecule has 2 nitrogen and oxygen atoms in total. The third kappa shape index (κ3) is 2.19. The molecule has 0 radical (unpaired) electrons. The molecule has 4 bridgehead atoms. The van der Waals surface area contributed by atoms with E-state index in [1.54, 1.807) is 0 Å². The topological polar surface area (TPSA) is 29.1 Å². The largest absolute Gasteiger partial charge is 0.353 e. The van der Waals surface area contributed by atoms with Crippen LogP contribution in [-0.2, 0) is 4.79 Å². The first kappa shape index (κ1) is 12.8. The maximum absolute atomic E-state index is 11.8. The Balaban J connectivity index is 1.69. The van der Waals surface area contributed by atoms with Crippen LogP contribution >= 0.6 is 12.6 Å². The van der Waals surface area contributed by atoms with Crippen LogP contribution in [0.5, 0.6) is 0 Å². The lowest BCUT2D eigenvalue weighted by Crippen LogP contribution is -2.55. The second kappa shape index (κ2) is 4.73. The lowest BCUT2D eigenvalue weighted by atomic mass is 9.48. The molecular weight excluding hydrogens is 242 g/mol. The Hall–Kier alpha value is -0.180. The van der Waals surface area contributed by atoms with Crippen molar-refractivity contribution in [3.05, 3.63) is 0 Å². The quantitative estimate of drug-likeness (QED) is 0.753. The molecule has 0 saturated heterocycles. The molecule has 1 atom stereocenters. The van der Waals surface area contributed by atoms with Crippen molar-refractivity contribution < 1.29 is 4.79 Å². The van der Waals surface area contributed by atoms with Crippen molar-refractivity contribution in [2.75, 3.05) is 5.75 Å². The van der Waals surface area contributed by atoms with Crippen LogP contribution in [0.1, 0.15) is 51.9 Å². The van der Waals surface area contributed by atoms with Gasteiger partial charge in [-0.2, -0.15) is 12.6 Å². The minimum atomic E-state index is 0.188. The minimum absolute atomic E-state index is 0.188. The number of hydrogen-bond donors (Lipinski definition) is 2. The van der Waals surface area contributed by atoms with Gasteiger partial charge in [0.25, 0.3) is 0 Å². The number of carbonyl (C=O) groups is 1. The van der Waals surface area contributed by atoms with Gasteiger partial charge in [0.05, 0.1) is 0 Å². The Kier molecular flexibility index (Phi) is 3.38. The monoisotopic (exact) mass is 267 g/mol. The molecule has 3 heteroatoms. The van der Waals surface area contributed by atoms with Crippen molar-refractivity contribution in [3.8, 4) is 0 Å². The lowest BCUT2D eigenvalue weighted by molar-refractivity contribution is -0.125. The number of amides is 1. The molecule has 102 valence electrons. The van der Waals surface area contributed by atoms with Gasteiger partial charge in [0.1, 0.15) is 0 Å². The molecular formula is C15H25NOS. The van der Waals surface area contributed by atoms with Crippen molar-refractivity contribution in [1.29, 1.82) is 0 Å². The highest BCUT2D eigenvalue weighted by Gasteiger charge is 2.53. The summed E-state index contributed by atoms with van der Waals surface area (Å²) in [5.41, 5.74) is 0.432. The third-order valence-electron chi connectivity index (χ3n) is 5.72. The number of hydrogen-bond acceptors (Lipinski definition) is 2. The second-order valence-corrected chi connectivity index (χ2v) is 7.49. The summed E-state index contributed by atoms with van der Waals surface area (Å²) in [6, 6.07) is 0.360. The maximum Gasteiger partial charge on any atom is 0.221 e. The Morgan fingerprint density at radius 2 is 1.72 bits per heavy atom. The molecule has 1 amide bonds. The molecule has 4 fully saturated rings. The van der Waals surface area contributed by atoms with E-state index in [1.807, 2.05) is 0 Å². The summed E-state index contributed by atoms with van der Waals surface area (Å²) < 4.78 is 0. The first-order valence-corrected chi connectivity index (χ1v) is 8.15. The summed E-state index contributed by atoms with van der Waals surface area (Å²) in [6.45, 7) is 2.24. The van der Waals surface area contributed by atoms with E-state index in [0.717, 1.165) is 17.8 Å². The molecule has 0 aromatic rings. The summed E-state index contributed by atoms with van der Waals surface area (Å²) in [7, 11) is 0. The van der Waals surface area contributed by atoms with E-state index in [1.165, 1.54) is 38.5 Å². The van der Waals surface area contributed by atoms with E-state index < -0.39 is 0 Å². The fraction of sp³-hybridized carbons (Fsp3) is 0.933. The van der Waals surface area contributed by atoms with Crippen molar-refractivity contribution in [3.63, 3.8) is 0 Å². The number of rotatable bonds is 4. The van der Waals surface area contributed by atoms with Gasteiger partial charge in [-0.15, -0.1) is 0 Å². The molecule has 0 heterocycles. The highest BCUT2D eigenvalue weighted by molar-refractivity contribution is 7.80. The van der Waals surface area contributed by atoms with E-state index in [4.69, 9.17) is 0 Å². The first-order valence-electron chi connectivity index (χ1n) is 7.51. The van der Waals surface area contributed by atoms with Crippen molar-refractivity contribution >= 4 is 18.5 Å². The van der Waals surface area contributed by atoms with Gasteiger partial charge in [0.15, 0.2) is 0 Å². The minimum Gasteiger partial charge on any atom is -0.353 e. The van der Waals surface area contributed by atoms with Gasteiger partial charge in [0, 0.05) is 12.5 Å². The van der Waals surface area contributed by atoms with Crippen LogP contribution in [0.3, 0.4) is 0 Å². The Morgan fingerprint density at radius 1 is 1.22 bits per heavy atom. The molecule has 0 aromatic heterocycles. The Labute approximate surface area is 116 Å². The summed E-state index contributed by atoms with van der Waals surface area (Å²) in [5, 5.41) is 3.25. The lowest BCUT2D eigenvalue weighted by Gasteiger charge is -2.59. The summed E-state index contributed by atoms with van der Waals surface area (Å²) in [4.78, 5) is 11.8. The number of carbonyl (C=O) groups excluding carboxylic acids is 1. The number of thiol groups is 1. The van der Waals surface area contributed by atoms with Gasteiger partial charge >= 0.3 is 0 Å². The van der Waals surface area contributed by atoms with E-state index in [2.05, 4.69) is 24.9 Å². The highest BCUT2D eigenvalue weighted by atomic mass is 32.1. The van der Waals surface area contributed by atoms with Gasteiger partial charge in [-0.05, 0) is 74.4 Å². The fourth-order valence-electron chi connectivity index (χ4n) is 5.28. The normalized spacial score (nSPS) is 42.9. The van der Waals surface area contributed by atoms with Gasteiger partial charge in [-0.25, -0.2) is 0 Å². The molecule has 0 spiro atoms. The molecule has 0 aromatic carbocycles. The van der Waals surface area contributed by atoms with Crippen molar-refractivity contribution in [2.45, 2.75) is 57.9 Å². The van der Waals surface area contributed by atoms with E-state index >= 15 is 0 Å². The van der Waals surface area contributed by atoms with Crippen LogP contribution in [0.4, 0.5) is 0 Å². The zero-order chi connectivity index (χ0) is 12.8. The first-order chi connectivity index (χ1) is 8.61. The van der Waals surface area contributed by atoms with Crippen LogP contribution in [0.15, 0.2) is 0 Å². The van der Waals surface area contributed by atoms with Gasteiger partial charge in [-0.3, -0.25) is 4.79 Å². The average molecular weight is 267 g/mol. The maximum atomic E-state index is 11.8. The van der Waals surface area contributed by atoms with Crippen LogP contribution in [0, 0.1) is 23.2 Å². The zero-order valence-corrected chi connectivity index (χ0v) is 12.2. The van der Waals surface area contributed by atoms with Crippen LogP contribution in [0.25, 0.3) is 0 Å². The van der Waals surface area contributed by atoms with Crippen LogP contribution < -0.4 is 5.32 Å². The molecule has 4 saturated carbocycles. The zero-order valence-electron chi connectivity index (χ0n) is 11.3. The van der Waals surface area contributed by atoms with E-state index in [9.17, 15) is 4.79 Å². The molecule has 1 unspecified atom stereocenters. The molecule has 18 heavy (non-hydrogen) atoms. The number of nitrogens with one attached hydrogen (secondary N) is 1. The molecule has 0 aliphatic heterocycles. The van der Waals surface area contributed by atoms with E-state index in [-0.39, 0.29) is 5.91 Å². The standard InChI is InChI=1S/C15H25NOS/c1-10(16-14(17)2-3-18)15-7-11-4-12(8-15)6-13(5-11)9-15/h10-13,18H,2-9H2,1H3,(H,16,17). The summed E-state index contributed by atoms with van der Waals surface area (Å²) in [5.74, 6) is 3.72. The fourth-order valence-corrected chi connectivity index (χ4v) is 5.48. The van der Waals surface area contributed by atoms with E-state index in [0.29, 0.717) is 23.6 Å². The van der Waals surface area contributed by atoms with Gasteiger partial charge in [0.2, 0.25) is 5.91 Å². The predicted octanol–water partition coefficient (Wildman–Crippen LogP) is 3.03. The van der Waals surface area contributed by atoms with Crippen molar-refractivity contribution in [2.24, 2.45) is 23.2 Å². The van der Waals surface area contributed by atoms with Gasteiger partial charge in [-0.1, -0.05) is 0 Å². The van der Waals surface area contributed by atoms with Crippen LogP contribution in [0.2, 0.25) is 0 Å². The molecule has 4 aliphatic carbocycles. The predicted molar refractivity (Wildman–Crippen MR) is 76.7 cm³/mol. The second-order valence-electron chi connectivity index (χ2n) is 7.04. The summed E-state index contributed by atoms with van der Waals surface area (Å²) in [6.07, 6.45) is 9.05. The van der Waals surface area contributed by atoms with Crippen LogP contribution in [-0.4, -0.2) is 17.7 Å². The Morgan fingerprint density at radius 3 is 2.17 bits per heavy atom. The molecule has 1 N–H and O–H groups in total. The highest BCUT2D eigenvalue weighted by Crippen LogP contribution is 2.61. The molecule has 4 rings (SSSR count). The average Bonchev–Trinajstić information content (AvgIpc) is 2.27. The smallest absolute Gasteiger partial charge is 0.221 e. The third-order valence-corrected chi connectivity index (χ3v) is 5.94.